The van der Waals surface area contributed by atoms with Gasteiger partial charge in [0.15, 0.2) is 0 Å². The van der Waals surface area contributed by atoms with Crippen LogP contribution in [-0.4, -0.2) is 53.8 Å². The zero-order chi connectivity index (χ0) is 25.5. The number of carbonyl (C=O) groups excluding carboxylic acids is 2. The van der Waals surface area contributed by atoms with Crippen LogP contribution in [0.3, 0.4) is 0 Å². The number of aliphatic carboxylic acids is 1. The van der Waals surface area contributed by atoms with Gasteiger partial charge in [-0.2, -0.15) is 11.8 Å². The predicted molar refractivity (Wildman–Crippen MR) is 139 cm³/mol. The number of carboxylic acid groups (broad SMARTS) is 1. The highest BCUT2D eigenvalue weighted by atomic mass is 32.2. The normalized spacial score (nSPS) is 15.0. The molecular formula is C27H34N2O5S. The monoisotopic (exact) mass is 498 g/mol. The van der Waals surface area contributed by atoms with Crippen LogP contribution in [0.4, 0.5) is 4.79 Å². The molecule has 2 amide bonds. The van der Waals surface area contributed by atoms with Crippen molar-refractivity contribution < 1.29 is 24.2 Å². The molecule has 0 spiro atoms. The lowest BCUT2D eigenvalue weighted by Gasteiger charge is -2.28. The fourth-order valence-electron chi connectivity index (χ4n) is 4.78. The Labute approximate surface area is 211 Å². The van der Waals surface area contributed by atoms with Gasteiger partial charge < -0.3 is 20.5 Å². The number of carboxylic acids is 1. The maximum absolute atomic E-state index is 13.0. The van der Waals surface area contributed by atoms with E-state index in [2.05, 4.69) is 34.9 Å². The van der Waals surface area contributed by atoms with E-state index in [-0.39, 0.29) is 24.3 Å². The number of hydrogen-bond acceptors (Lipinski definition) is 5. The third-order valence-corrected chi connectivity index (χ3v) is 7.12. The summed E-state index contributed by atoms with van der Waals surface area (Å²) in [6, 6.07) is 14.7. The average molecular weight is 499 g/mol. The van der Waals surface area contributed by atoms with Crippen LogP contribution >= 0.6 is 11.8 Å². The van der Waals surface area contributed by atoms with Crippen molar-refractivity contribution >= 4 is 29.7 Å². The number of fused-ring (bicyclic) bond motifs is 3. The van der Waals surface area contributed by atoms with Gasteiger partial charge in [-0.25, -0.2) is 9.59 Å². The first-order valence-electron chi connectivity index (χ1n) is 11.9. The topological polar surface area (TPSA) is 105 Å². The molecule has 1 aliphatic carbocycles. The first kappa shape index (κ1) is 26.6. The summed E-state index contributed by atoms with van der Waals surface area (Å²) < 4.78 is 5.61. The van der Waals surface area contributed by atoms with Gasteiger partial charge in [-0.1, -0.05) is 62.4 Å². The molecule has 0 aromatic heterocycles. The van der Waals surface area contributed by atoms with Crippen molar-refractivity contribution in [1.29, 1.82) is 0 Å². The van der Waals surface area contributed by atoms with Crippen LogP contribution in [0.2, 0.25) is 0 Å². The highest BCUT2D eigenvalue weighted by Gasteiger charge is 2.33. The van der Waals surface area contributed by atoms with Gasteiger partial charge in [0.1, 0.15) is 12.6 Å². The SMILES string of the molecule is CSCC[C@@H](NC(=O)C(C(C)C)C(C)NC(=O)OCC1c2ccccc2-c2ccccc21)C(=O)O. The molecule has 8 heteroatoms. The minimum absolute atomic E-state index is 0.0552. The molecule has 0 saturated heterocycles. The van der Waals surface area contributed by atoms with E-state index in [1.807, 2.05) is 44.4 Å². The summed E-state index contributed by atoms with van der Waals surface area (Å²) >= 11 is 1.52. The van der Waals surface area contributed by atoms with Gasteiger partial charge >= 0.3 is 12.1 Å². The Kier molecular flexibility index (Phi) is 9.20. The molecule has 188 valence electrons. The fourth-order valence-corrected chi connectivity index (χ4v) is 5.26. The molecule has 3 atom stereocenters. The van der Waals surface area contributed by atoms with E-state index in [1.54, 1.807) is 6.92 Å². The van der Waals surface area contributed by atoms with E-state index < -0.39 is 30.1 Å². The van der Waals surface area contributed by atoms with Crippen molar-refractivity contribution in [2.24, 2.45) is 11.8 Å². The van der Waals surface area contributed by atoms with Crippen molar-refractivity contribution in [3.8, 4) is 11.1 Å². The third-order valence-electron chi connectivity index (χ3n) is 6.47. The number of hydrogen-bond donors (Lipinski definition) is 3. The molecule has 1 aliphatic rings. The Morgan fingerprint density at radius 2 is 1.54 bits per heavy atom. The Morgan fingerprint density at radius 3 is 2.06 bits per heavy atom. The first-order chi connectivity index (χ1) is 16.7. The summed E-state index contributed by atoms with van der Waals surface area (Å²) in [5, 5.41) is 14.9. The van der Waals surface area contributed by atoms with E-state index in [1.165, 1.54) is 11.8 Å². The van der Waals surface area contributed by atoms with Gasteiger partial charge in [0, 0.05) is 12.0 Å². The van der Waals surface area contributed by atoms with Crippen LogP contribution in [0.25, 0.3) is 11.1 Å². The van der Waals surface area contributed by atoms with Crippen LogP contribution in [0.5, 0.6) is 0 Å². The summed E-state index contributed by atoms with van der Waals surface area (Å²) in [6.07, 6.45) is 1.62. The number of nitrogens with one attached hydrogen (secondary N) is 2. The largest absolute Gasteiger partial charge is 0.480 e. The molecule has 0 radical (unpaired) electrons. The van der Waals surface area contributed by atoms with Crippen LogP contribution in [0, 0.1) is 11.8 Å². The molecule has 0 bridgehead atoms. The van der Waals surface area contributed by atoms with Crippen molar-refractivity contribution in [3.63, 3.8) is 0 Å². The number of alkyl carbamates (subject to hydrolysis) is 1. The van der Waals surface area contributed by atoms with E-state index in [0.717, 1.165) is 22.3 Å². The summed E-state index contributed by atoms with van der Waals surface area (Å²) in [5.74, 6) is -1.61. The fraction of sp³-hybridized carbons (Fsp3) is 0.444. The van der Waals surface area contributed by atoms with Crippen LogP contribution in [-0.2, 0) is 14.3 Å². The third kappa shape index (κ3) is 6.36. The molecular weight excluding hydrogens is 464 g/mol. The van der Waals surface area contributed by atoms with Gasteiger partial charge in [0.05, 0.1) is 5.92 Å². The van der Waals surface area contributed by atoms with E-state index >= 15 is 0 Å². The summed E-state index contributed by atoms with van der Waals surface area (Å²) in [7, 11) is 0. The number of amides is 2. The number of rotatable bonds is 11. The molecule has 3 N–H and O–H groups in total. The first-order valence-corrected chi connectivity index (χ1v) is 13.3. The minimum Gasteiger partial charge on any atom is -0.480 e. The molecule has 0 heterocycles. The zero-order valence-electron chi connectivity index (χ0n) is 20.6. The second kappa shape index (κ2) is 12.1. The molecule has 3 rings (SSSR count). The number of ether oxygens (including phenoxy) is 1. The lowest BCUT2D eigenvalue weighted by Crippen LogP contribution is -2.51. The summed E-state index contributed by atoms with van der Waals surface area (Å²) in [5.41, 5.74) is 4.55. The van der Waals surface area contributed by atoms with Crippen LogP contribution in [0.1, 0.15) is 44.2 Å². The van der Waals surface area contributed by atoms with Crippen LogP contribution in [0.15, 0.2) is 48.5 Å². The predicted octanol–water partition coefficient (Wildman–Crippen LogP) is 4.51. The Bertz CT molecular complexity index is 1010. The van der Waals surface area contributed by atoms with Gasteiger partial charge in [-0.05, 0) is 53.5 Å². The lowest BCUT2D eigenvalue weighted by molar-refractivity contribution is -0.143. The summed E-state index contributed by atoms with van der Waals surface area (Å²) in [6.45, 7) is 5.67. The quantitative estimate of drug-likeness (QED) is 0.421. The van der Waals surface area contributed by atoms with Crippen molar-refractivity contribution in [2.45, 2.75) is 45.2 Å². The second-order valence-corrected chi connectivity index (χ2v) is 10.2. The van der Waals surface area contributed by atoms with E-state index in [9.17, 15) is 19.5 Å². The zero-order valence-corrected chi connectivity index (χ0v) is 21.4. The smallest absolute Gasteiger partial charge is 0.407 e. The Balaban J connectivity index is 1.62. The number of benzene rings is 2. The molecule has 0 saturated carbocycles. The van der Waals surface area contributed by atoms with Gasteiger partial charge in [-0.3, -0.25) is 4.79 Å². The molecule has 2 unspecified atom stereocenters. The highest BCUT2D eigenvalue weighted by Crippen LogP contribution is 2.44. The summed E-state index contributed by atoms with van der Waals surface area (Å²) in [4.78, 5) is 37.2. The molecule has 2 aromatic rings. The minimum atomic E-state index is -1.06. The van der Waals surface area contributed by atoms with Gasteiger partial charge in [0.25, 0.3) is 0 Å². The molecule has 35 heavy (non-hydrogen) atoms. The van der Waals surface area contributed by atoms with Crippen LogP contribution < -0.4 is 10.6 Å². The number of thioether (sulfide) groups is 1. The average Bonchev–Trinajstić information content (AvgIpc) is 3.13. The molecule has 0 aliphatic heterocycles. The lowest BCUT2D eigenvalue weighted by atomic mass is 9.88. The van der Waals surface area contributed by atoms with Crippen molar-refractivity contribution in [3.05, 3.63) is 59.7 Å². The van der Waals surface area contributed by atoms with Crippen molar-refractivity contribution in [1.82, 2.24) is 10.6 Å². The molecule has 0 fully saturated rings. The second-order valence-electron chi connectivity index (χ2n) is 9.21. The van der Waals surface area contributed by atoms with E-state index in [4.69, 9.17) is 4.74 Å². The Morgan fingerprint density at radius 1 is 0.971 bits per heavy atom. The van der Waals surface area contributed by atoms with Crippen molar-refractivity contribution in [2.75, 3.05) is 18.6 Å². The highest BCUT2D eigenvalue weighted by molar-refractivity contribution is 7.98. The maximum Gasteiger partial charge on any atom is 0.407 e. The van der Waals surface area contributed by atoms with Gasteiger partial charge in [0.2, 0.25) is 5.91 Å². The Hall–Kier alpha value is -3.00. The molecule has 7 nitrogen and oxygen atoms in total. The number of carbonyl (C=O) groups is 3. The maximum atomic E-state index is 13.0. The standard InChI is InChI=1S/C27H34N2O5S/c1-16(2)24(25(30)29-23(26(31)32)13-14-35-4)17(3)28-27(33)34-15-22-20-11-7-5-9-18(20)19-10-6-8-12-21(19)22/h5-12,16-17,22-24H,13-15H2,1-4H3,(H,28,33)(H,29,30)(H,31,32)/t17?,23-,24?/m1/s1. The van der Waals surface area contributed by atoms with E-state index in [0.29, 0.717) is 12.2 Å². The molecule has 2 aromatic carbocycles. The van der Waals surface area contributed by atoms with Gasteiger partial charge in [-0.15, -0.1) is 0 Å².